The van der Waals surface area contributed by atoms with Crippen LogP contribution in [-0.4, -0.2) is 41.5 Å². The molecular weight excluding hydrogens is 470 g/mol. The van der Waals surface area contributed by atoms with Gasteiger partial charge in [-0.3, -0.25) is 14.9 Å². The fourth-order valence-electron chi connectivity index (χ4n) is 3.20. The van der Waals surface area contributed by atoms with E-state index in [2.05, 4.69) is 17.9 Å². The van der Waals surface area contributed by atoms with Crippen molar-refractivity contribution in [2.24, 2.45) is 0 Å². The highest BCUT2D eigenvalue weighted by molar-refractivity contribution is 7.81. The fourth-order valence-corrected chi connectivity index (χ4v) is 3.29. The topological polar surface area (TPSA) is 111 Å². The Morgan fingerprint density at radius 3 is 2.14 bits per heavy atom. The van der Waals surface area contributed by atoms with Crippen molar-refractivity contribution in [1.29, 1.82) is 0 Å². The van der Waals surface area contributed by atoms with Crippen LogP contribution in [0.15, 0.2) is 84.9 Å². The molecule has 9 heteroatoms. The largest absolute Gasteiger partial charge is 0.508 e. The van der Waals surface area contributed by atoms with Crippen molar-refractivity contribution in [3.05, 3.63) is 96.1 Å². The summed E-state index contributed by atoms with van der Waals surface area (Å²) in [5.74, 6) is -0.666. The first kappa shape index (κ1) is 25.6. The van der Waals surface area contributed by atoms with E-state index >= 15 is 0 Å². The lowest BCUT2D eigenvalue weighted by atomic mass is 10.0. The molecule has 0 saturated heterocycles. The summed E-state index contributed by atoms with van der Waals surface area (Å²) in [6, 6.07) is 23.1. The lowest BCUT2D eigenvalue weighted by Crippen LogP contribution is -2.37. The first-order valence-corrected chi connectivity index (χ1v) is 11.4. The molecule has 0 aliphatic carbocycles. The van der Waals surface area contributed by atoms with Crippen LogP contribution in [0.25, 0.3) is 0 Å². The van der Waals surface area contributed by atoms with Gasteiger partial charge in [-0.05, 0) is 42.0 Å². The highest BCUT2D eigenvalue weighted by Crippen LogP contribution is 2.29. The van der Waals surface area contributed by atoms with E-state index in [0.29, 0.717) is 16.9 Å². The zero-order chi connectivity index (χ0) is 25.0. The molecule has 0 saturated carbocycles. The Kier molecular flexibility index (Phi) is 9.56. The number of para-hydroxylation sites is 1. The number of nitrogens with one attached hydrogen (secondary N) is 1. The molecule has 2 N–H and O–H groups in total. The number of thiol groups is 1. The van der Waals surface area contributed by atoms with Crippen LogP contribution in [0.1, 0.15) is 28.4 Å². The molecular formula is C26H25NO7S. The second-order valence-corrected chi connectivity index (χ2v) is 7.69. The molecule has 182 valence electrons. The van der Waals surface area contributed by atoms with E-state index in [1.165, 1.54) is 12.1 Å². The Morgan fingerprint density at radius 2 is 1.51 bits per heavy atom. The van der Waals surface area contributed by atoms with Crippen LogP contribution < -0.4 is 10.1 Å². The summed E-state index contributed by atoms with van der Waals surface area (Å²) < 4.78 is 16.9. The minimum Gasteiger partial charge on any atom is -0.508 e. The number of amides is 2. The highest BCUT2D eigenvalue weighted by Gasteiger charge is 2.30. The average molecular weight is 496 g/mol. The van der Waals surface area contributed by atoms with E-state index in [1.807, 2.05) is 6.07 Å². The van der Waals surface area contributed by atoms with Crippen molar-refractivity contribution >= 4 is 30.6 Å². The van der Waals surface area contributed by atoms with Crippen LogP contribution in [0.5, 0.6) is 11.5 Å². The molecule has 2 amide bonds. The van der Waals surface area contributed by atoms with E-state index in [-0.39, 0.29) is 24.5 Å². The number of hydrogen-bond donors (Lipinski definition) is 3. The zero-order valence-corrected chi connectivity index (χ0v) is 19.6. The van der Waals surface area contributed by atoms with Crippen molar-refractivity contribution in [2.45, 2.75) is 18.6 Å². The molecule has 0 heterocycles. The number of carbonyl (C=O) groups excluding carboxylic acids is 3. The summed E-state index contributed by atoms with van der Waals surface area (Å²) in [6.07, 6.45) is -2.62. The molecule has 2 atom stereocenters. The normalized spacial score (nSPS) is 12.1. The smallest absolute Gasteiger partial charge is 0.414 e. The second kappa shape index (κ2) is 13.0. The molecule has 3 aromatic rings. The number of ether oxygens (including phenoxy) is 3. The molecule has 0 aromatic heterocycles. The van der Waals surface area contributed by atoms with E-state index < -0.39 is 30.2 Å². The van der Waals surface area contributed by atoms with Crippen LogP contribution >= 0.6 is 12.6 Å². The lowest BCUT2D eigenvalue weighted by Gasteiger charge is -2.28. The second-order valence-electron chi connectivity index (χ2n) is 7.37. The van der Waals surface area contributed by atoms with Gasteiger partial charge in [-0.25, -0.2) is 4.79 Å². The monoisotopic (exact) mass is 495 g/mol. The quantitative estimate of drug-likeness (QED) is 0.284. The molecule has 0 fully saturated rings. The highest BCUT2D eigenvalue weighted by atomic mass is 32.1. The summed E-state index contributed by atoms with van der Waals surface area (Å²) in [5, 5.41) is 11.9. The van der Waals surface area contributed by atoms with E-state index in [1.54, 1.807) is 66.7 Å². The lowest BCUT2D eigenvalue weighted by molar-refractivity contribution is -0.141. The predicted octanol–water partition coefficient (Wildman–Crippen LogP) is 4.31. The van der Waals surface area contributed by atoms with Gasteiger partial charge < -0.3 is 19.3 Å². The van der Waals surface area contributed by atoms with Crippen molar-refractivity contribution in [1.82, 2.24) is 5.32 Å². The van der Waals surface area contributed by atoms with E-state index in [4.69, 9.17) is 14.2 Å². The minimum atomic E-state index is -1.01. The minimum absolute atomic E-state index is 0.0145. The maximum Gasteiger partial charge on any atom is 0.414 e. The third-order valence-electron chi connectivity index (χ3n) is 4.87. The van der Waals surface area contributed by atoms with Gasteiger partial charge in [-0.2, -0.15) is 12.6 Å². The van der Waals surface area contributed by atoms with Crippen LogP contribution in [0.3, 0.4) is 0 Å². The SMILES string of the molecule is O=C(CS)OCC[C@@H](Oc1ccccc1)[C@H](OC(=O)NC(=O)c1ccccc1)c1ccc(O)cc1. The standard InChI is InChI=1S/C26H25NO7S/c28-20-13-11-18(12-14-20)24(34-26(31)27-25(30)19-7-3-1-4-8-19)22(15-16-32-23(29)17-35)33-21-9-5-2-6-10-21/h1-14,22,24,28,35H,15-17H2,(H,27,30,31)/t22-,24-/m1/s1. The number of phenolic OH excluding ortho intramolecular Hbond substituents is 1. The predicted molar refractivity (Wildman–Crippen MR) is 132 cm³/mol. The number of rotatable bonds is 10. The number of esters is 1. The van der Waals surface area contributed by atoms with Gasteiger partial charge in [0.25, 0.3) is 5.91 Å². The molecule has 3 rings (SSSR count). The van der Waals surface area contributed by atoms with Crippen LogP contribution in [0.4, 0.5) is 4.79 Å². The van der Waals surface area contributed by atoms with E-state index in [9.17, 15) is 19.5 Å². The molecule has 0 radical (unpaired) electrons. The van der Waals surface area contributed by atoms with Gasteiger partial charge in [0.05, 0.1) is 12.4 Å². The molecule has 0 aliphatic heterocycles. The van der Waals surface area contributed by atoms with Gasteiger partial charge in [-0.15, -0.1) is 0 Å². The summed E-state index contributed by atoms with van der Waals surface area (Å²) in [6.45, 7) is -0.0145. The number of aromatic hydroxyl groups is 1. The fraction of sp³-hybridized carbons (Fsp3) is 0.192. The summed E-state index contributed by atoms with van der Waals surface area (Å²) >= 11 is 3.90. The van der Waals surface area contributed by atoms with Crippen LogP contribution in [0.2, 0.25) is 0 Å². The Bertz CT molecular complexity index is 1110. The van der Waals surface area contributed by atoms with Gasteiger partial charge in [0.1, 0.15) is 17.6 Å². The number of hydrogen-bond acceptors (Lipinski definition) is 8. The van der Waals surface area contributed by atoms with Crippen molar-refractivity contribution in [3.8, 4) is 11.5 Å². The Labute approximate surface area is 208 Å². The third kappa shape index (κ3) is 8.08. The van der Waals surface area contributed by atoms with Gasteiger partial charge in [0.15, 0.2) is 6.10 Å². The maximum absolute atomic E-state index is 12.7. The molecule has 0 aliphatic rings. The molecule has 3 aromatic carbocycles. The van der Waals surface area contributed by atoms with Crippen LogP contribution in [-0.2, 0) is 14.3 Å². The average Bonchev–Trinajstić information content (AvgIpc) is 2.88. The van der Waals surface area contributed by atoms with Gasteiger partial charge >= 0.3 is 12.1 Å². The van der Waals surface area contributed by atoms with Crippen molar-refractivity contribution < 1.29 is 33.7 Å². The summed E-state index contributed by atoms with van der Waals surface area (Å²) in [7, 11) is 0. The van der Waals surface area contributed by atoms with E-state index in [0.717, 1.165) is 0 Å². The number of imide groups is 1. The third-order valence-corrected chi connectivity index (χ3v) is 5.13. The summed E-state index contributed by atoms with van der Waals surface area (Å²) in [5.41, 5.74) is 0.799. The number of carbonyl (C=O) groups is 3. The van der Waals surface area contributed by atoms with Crippen molar-refractivity contribution in [2.75, 3.05) is 12.4 Å². The molecule has 35 heavy (non-hydrogen) atoms. The van der Waals surface area contributed by atoms with Crippen LogP contribution in [0, 0.1) is 0 Å². The van der Waals surface area contributed by atoms with Gasteiger partial charge in [0, 0.05) is 12.0 Å². The molecule has 0 bridgehead atoms. The van der Waals surface area contributed by atoms with Crippen molar-refractivity contribution in [3.63, 3.8) is 0 Å². The summed E-state index contributed by atoms with van der Waals surface area (Å²) in [4.78, 5) is 36.7. The number of benzene rings is 3. The zero-order valence-electron chi connectivity index (χ0n) is 18.7. The first-order valence-electron chi connectivity index (χ1n) is 10.8. The molecule has 8 nitrogen and oxygen atoms in total. The Morgan fingerprint density at radius 1 is 0.886 bits per heavy atom. The van der Waals surface area contributed by atoms with Gasteiger partial charge in [-0.1, -0.05) is 48.5 Å². The first-order chi connectivity index (χ1) is 17.0. The molecule has 0 unspecified atom stereocenters. The number of phenols is 1. The Hall–Kier alpha value is -3.98. The number of alkyl carbamates (subject to hydrolysis) is 1. The Balaban J connectivity index is 1.83. The maximum atomic E-state index is 12.7. The van der Waals surface area contributed by atoms with Gasteiger partial charge in [0.2, 0.25) is 0 Å². The molecule has 0 spiro atoms.